The smallest absolute Gasteiger partial charge is 0.261 e. The fourth-order valence-electron chi connectivity index (χ4n) is 2.73. The van der Waals surface area contributed by atoms with Crippen molar-refractivity contribution in [3.8, 4) is 11.5 Å². The maximum Gasteiger partial charge on any atom is 0.261 e. The van der Waals surface area contributed by atoms with Crippen molar-refractivity contribution in [1.82, 2.24) is 4.90 Å². The Morgan fingerprint density at radius 1 is 1.03 bits per heavy atom. The van der Waals surface area contributed by atoms with Crippen LogP contribution in [-0.4, -0.2) is 37.0 Å². The molecule has 0 fully saturated rings. The number of carbonyl (C=O) groups excluding carboxylic acids is 2. The zero-order chi connectivity index (χ0) is 21.3. The van der Waals surface area contributed by atoms with E-state index in [2.05, 4.69) is 5.32 Å². The molecular weight excluding hydrogens is 391 g/mol. The molecule has 1 heterocycles. The quantitative estimate of drug-likeness (QED) is 0.582. The number of para-hydroxylation sites is 3. The average Bonchev–Trinajstić information content (AvgIpc) is 3.26. The van der Waals surface area contributed by atoms with Crippen LogP contribution in [0.15, 0.2) is 71.3 Å². The first-order valence-corrected chi connectivity index (χ1v) is 9.17. The molecule has 1 N–H and O–H groups in total. The Kier molecular flexibility index (Phi) is 7.05. The van der Waals surface area contributed by atoms with Crippen molar-refractivity contribution in [2.45, 2.75) is 6.54 Å². The van der Waals surface area contributed by atoms with E-state index in [1.54, 1.807) is 42.5 Å². The first kappa shape index (κ1) is 20.9. The predicted molar refractivity (Wildman–Crippen MR) is 108 cm³/mol. The van der Waals surface area contributed by atoms with Gasteiger partial charge in [0.15, 0.2) is 18.2 Å². The molecule has 8 heteroatoms. The van der Waals surface area contributed by atoms with Crippen LogP contribution < -0.4 is 14.8 Å². The topological polar surface area (TPSA) is 81.0 Å². The monoisotopic (exact) mass is 412 g/mol. The van der Waals surface area contributed by atoms with Crippen molar-refractivity contribution >= 4 is 17.5 Å². The number of hydrogen-bond acceptors (Lipinski definition) is 5. The number of amides is 2. The predicted octanol–water partition coefficient (Wildman–Crippen LogP) is 3.47. The number of benzene rings is 2. The lowest BCUT2D eigenvalue weighted by molar-refractivity contribution is -0.137. The Balaban J connectivity index is 1.67. The number of methoxy groups -OCH3 is 1. The number of furan rings is 1. The SMILES string of the molecule is COc1ccccc1NC(=O)CN(Cc1ccco1)C(=O)COc1ccccc1F. The second kappa shape index (κ2) is 10.1. The highest BCUT2D eigenvalue weighted by Crippen LogP contribution is 2.23. The fourth-order valence-corrected chi connectivity index (χ4v) is 2.73. The van der Waals surface area contributed by atoms with Crippen molar-refractivity contribution in [3.05, 3.63) is 78.5 Å². The summed E-state index contributed by atoms with van der Waals surface area (Å²) in [5.74, 6) is -0.536. The lowest BCUT2D eigenvalue weighted by Crippen LogP contribution is -2.40. The van der Waals surface area contributed by atoms with E-state index in [1.807, 2.05) is 0 Å². The van der Waals surface area contributed by atoms with Crippen LogP contribution in [0.1, 0.15) is 5.76 Å². The highest BCUT2D eigenvalue weighted by atomic mass is 19.1. The molecule has 30 heavy (non-hydrogen) atoms. The van der Waals surface area contributed by atoms with Crippen LogP contribution in [0.4, 0.5) is 10.1 Å². The van der Waals surface area contributed by atoms with E-state index in [0.29, 0.717) is 17.2 Å². The van der Waals surface area contributed by atoms with E-state index in [1.165, 1.54) is 36.5 Å². The third-order valence-corrected chi connectivity index (χ3v) is 4.18. The highest BCUT2D eigenvalue weighted by molar-refractivity contribution is 5.95. The summed E-state index contributed by atoms with van der Waals surface area (Å²) in [5, 5.41) is 2.72. The molecule has 2 aromatic carbocycles. The Morgan fingerprint density at radius 2 is 1.77 bits per heavy atom. The molecule has 0 aliphatic heterocycles. The van der Waals surface area contributed by atoms with E-state index in [0.717, 1.165) is 0 Å². The molecule has 0 radical (unpaired) electrons. The first-order valence-electron chi connectivity index (χ1n) is 9.17. The summed E-state index contributed by atoms with van der Waals surface area (Å²) in [7, 11) is 1.50. The minimum Gasteiger partial charge on any atom is -0.495 e. The van der Waals surface area contributed by atoms with Gasteiger partial charge in [-0.1, -0.05) is 24.3 Å². The van der Waals surface area contributed by atoms with E-state index in [4.69, 9.17) is 13.9 Å². The third kappa shape index (κ3) is 5.60. The highest BCUT2D eigenvalue weighted by Gasteiger charge is 2.20. The molecular formula is C22H21FN2O5. The Hall–Kier alpha value is -3.81. The number of ether oxygens (including phenoxy) is 2. The van der Waals surface area contributed by atoms with Gasteiger partial charge in [-0.25, -0.2) is 4.39 Å². The van der Waals surface area contributed by atoms with E-state index >= 15 is 0 Å². The van der Waals surface area contributed by atoms with Gasteiger partial charge in [-0.2, -0.15) is 0 Å². The van der Waals surface area contributed by atoms with Crippen LogP contribution in [0.5, 0.6) is 11.5 Å². The second-order valence-electron chi connectivity index (χ2n) is 6.30. The van der Waals surface area contributed by atoms with Gasteiger partial charge in [0, 0.05) is 0 Å². The lowest BCUT2D eigenvalue weighted by Gasteiger charge is -2.21. The van der Waals surface area contributed by atoms with Gasteiger partial charge in [0.05, 0.1) is 25.6 Å². The molecule has 1 aromatic heterocycles. The maximum atomic E-state index is 13.7. The minimum atomic E-state index is -0.572. The Bertz CT molecular complexity index is 991. The van der Waals surface area contributed by atoms with Gasteiger partial charge in [-0.3, -0.25) is 9.59 Å². The lowest BCUT2D eigenvalue weighted by atomic mass is 10.3. The van der Waals surface area contributed by atoms with Gasteiger partial charge in [0.2, 0.25) is 5.91 Å². The van der Waals surface area contributed by atoms with Crippen molar-refractivity contribution in [3.63, 3.8) is 0 Å². The number of rotatable bonds is 9. The summed E-state index contributed by atoms with van der Waals surface area (Å²) in [6, 6.07) is 16.1. The number of anilines is 1. The number of nitrogens with one attached hydrogen (secondary N) is 1. The van der Waals surface area contributed by atoms with Gasteiger partial charge < -0.3 is 24.1 Å². The Morgan fingerprint density at radius 3 is 2.47 bits per heavy atom. The van der Waals surface area contributed by atoms with Gasteiger partial charge >= 0.3 is 0 Å². The number of halogens is 1. The minimum absolute atomic E-state index is 0.0396. The summed E-state index contributed by atoms with van der Waals surface area (Å²) in [5.41, 5.74) is 0.484. The van der Waals surface area contributed by atoms with E-state index < -0.39 is 24.2 Å². The maximum absolute atomic E-state index is 13.7. The van der Waals surface area contributed by atoms with Crippen molar-refractivity contribution in [1.29, 1.82) is 0 Å². The molecule has 7 nitrogen and oxygen atoms in total. The zero-order valence-electron chi connectivity index (χ0n) is 16.3. The molecule has 0 aliphatic rings. The molecule has 0 bridgehead atoms. The summed E-state index contributed by atoms with van der Waals surface area (Å²) < 4.78 is 29.5. The van der Waals surface area contributed by atoms with Crippen molar-refractivity contribution in [2.75, 3.05) is 25.6 Å². The van der Waals surface area contributed by atoms with Gasteiger partial charge in [0.1, 0.15) is 18.1 Å². The van der Waals surface area contributed by atoms with Crippen LogP contribution in [0.3, 0.4) is 0 Å². The van der Waals surface area contributed by atoms with E-state index in [-0.39, 0.29) is 18.8 Å². The first-order chi connectivity index (χ1) is 14.6. The standard InChI is InChI=1S/C22H21FN2O5/c1-28-20-11-5-3-9-18(20)24-21(26)14-25(13-16-7-6-12-29-16)22(27)15-30-19-10-4-2-8-17(19)23/h2-12H,13-15H2,1H3,(H,24,26). The summed E-state index contributed by atoms with van der Waals surface area (Å²) in [6.45, 7) is -0.617. The van der Waals surface area contributed by atoms with Gasteiger partial charge in [-0.05, 0) is 36.4 Å². The number of hydrogen-bond donors (Lipinski definition) is 1. The largest absolute Gasteiger partial charge is 0.495 e. The van der Waals surface area contributed by atoms with Crippen LogP contribution in [0.2, 0.25) is 0 Å². The normalized spacial score (nSPS) is 10.3. The fraction of sp³-hybridized carbons (Fsp3) is 0.182. The third-order valence-electron chi connectivity index (χ3n) is 4.18. The molecule has 0 spiro atoms. The summed E-state index contributed by atoms with van der Waals surface area (Å²) in [6.07, 6.45) is 1.47. The molecule has 0 saturated carbocycles. The van der Waals surface area contributed by atoms with Crippen LogP contribution in [0.25, 0.3) is 0 Å². The van der Waals surface area contributed by atoms with Gasteiger partial charge in [-0.15, -0.1) is 0 Å². The number of nitrogens with zero attached hydrogens (tertiary/aromatic N) is 1. The van der Waals surface area contributed by atoms with Crippen molar-refractivity contribution < 1.29 is 27.9 Å². The average molecular weight is 412 g/mol. The van der Waals surface area contributed by atoms with Crippen LogP contribution in [-0.2, 0) is 16.1 Å². The van der Waals surface area contributed by atoms with Crippen LogP contribution >= 0.6 is 0 Å². The molecule has 156 valence electrons. The molecule has 0 aliphatic carbocycles. The number of carbonyl (C=O) groups is 2. The second-order valence-corrected chi connectivity index (χ2v) is 6.30. The molecule has 0 saturated heterocycles. The summed E-state index contributed by atoms with van der Waals surface area (Å²) in [4.78, 5) is 26.5. The van der Waals surface area contributed by atoms with E-state index in [9.17, 15) is 14.0 Å². The Labute approximate surface area is 173 Å². The zero-order valence-corrected chi connectivity index (χ0v) is 16.3. The molecule has 3 rings (SSSR count). The van der Waals surface area contributed by atoms with Gasteiger partial charge in [0.25, 0.3) is 5.91 Å². The van der Waals surface area contributed by atoms with Crippen molar-refractivity contribution in [2.24, 2.45) is 0 Å². The van der Waals surface area contributed by atoms with Crippen LogP contribution in [0, 0.1) is 5.82 Å². The molecule has 2 amide bonds. The molecule has 0 atom stereocenters. The molecule has 3 aromatic rings. The molecule has 0 unspecified atom stereocenters. The summed E-state index contributed by atoms with van der Waals surface area (Å²) >= 11 is 0.